The smallest absolute Gasteiger partial charge is 0.337 e. The van der Waals surface area contributed by atoms with Gasteiger partial charge in [0.05, 0.1) is 17.6 Å². The normalized spacial score (nSPS) is 10.5. The van der Waals surface area contributed by atoms with Crippen LogP contribution in [0.2, 0.25) is 0 Å². The van der Waals surface area contributed by atoms with Gasteiger partial charge in [0, 0.05) is 34.8 Å². The molecule has 0 saturated heterocycles. The van der Waals surface area contributed by atoms with Crippen molar-refractivity contribution in [1.82, 2.24) is 4.98 Å². The number of ketones is 1. The second-order valence-electron chi connectivity index (χ2n) is 5.39. The third-order valence-corrected chi connectivity index (χ3v) is 3.83. The first-order chi connectivity index (χ1) is 12.5. The molecule has 3 rings (SSSR count). The minimum atomic E-state index is -0.660. The molecule has 0 aliphatic heterocycles. The molecule has 0 aliphatic rings. The lowest BCUT2D eigenvalue weighted by atomic mass is 10.1. The highest BCUT2D eigenvalue weighted by molar-refractivity contribution is 6.08. The number of hydrogen-bond donors (Lipinski definition) is 1. The van der Waals surface area contributed by atoms with Crippen LogP contribution >= 0.6 is 0 Å². The molecule has 0 unspecified atom stereocenters. The molecule has 0 atom stereocenters. The molecular formula is C18H14N2O6. The minimum Gasteiger partial charge on any atom is -0.478 e. The zero-order valence-corrected chi connectivity index (χ0v) is 13.7. The van der Waals surface area contributed by atoms with Crippen LogP contribution in [-0.4, -0.2) is 35.4 Å². The SMILES string of the molecule is COC(=O)c1ccc([N+](=O)[O-])c(OCC(=O)c2c[nH]c3ccccc23)c1. The van der Waals surface area contributed by atoms with Crippen LogP contribution < -0.4 is 4.74 Å². The number of hydrogen-bond acceptors (Lipinski definition) is 6. The van der Waals surface area contributed by atoms with Gasteiger partial charge in [-0.1, -0.05) is 18.2 Å². The van der Waals surface area contributed by atoms with Crippen LogP contribution in [0.15, 0.2) is 48.7 Å². The highest BCUT2D eigenvalue weighted by atomic mass is 16.6. The number of aromatic amines is 1. The van der Waals surface area contributed by atoms with Gasteiger partial charge in [-0.15, -0.1) is 0 Å². The summed E-state index contributed by atoms with van der Waals surface area (Å²) >= 11 is 0. The summed E-state index contributed by atoms with van der Waals surface area (Å²) in [6.45, 7) is -0.409. The van der Waals surface area contributed by atoms with Gasteiger partial charge in [-0.05, 0) is 12.1 Å². The number of methoxy groups -OCH3 is 1. The van der Waals surface area contributed by atoms with Gasteiger partial charge in [0.1, 0.15) is 0 Å². The van der Waals surface area contributed by atoms with Gasteiger partial charge in [0.2, 0.25) is 5.78 Å². The highest BCUT2D eigenvalue weighted by Crippen LogP contribution is 2.29. The van der Waals surface area contributed by atoms with Crippen LogP contribution in [0.3, 0.4) is 0 Å². The molecule has 0 aliphatic carbocycles. The number of carbonyl (C=O) groups is 2. The average molecular weight is 354 g/mol. The largest absolute Gasteiger partial charge is 0.478 e. The van der Waals surface area contributed by atoms with Crippen LogP contribution in [0.25, 0.3) is 10.9 Å². The molecule has 8 heteroatoms. The molecule has 0 saturated carbocycles. The van der Waals surface area contributed by atoms with E-state index in [4.69, 9.17) is 4.74 Å². The summed E-state index contributed by atoms with van der Waals surface area (Å²) in [6.07, 6.45) is 1.57. The average Bonchev–Trinajstić information content (AvgIpc) is 3.09. The van der Waals surface area contributed by atoms with E-state index in [1.807, 2.05) is 12.1 Å². The first kappa shape index (κ1) is 17.2. The van der Waals surface area contributed by atoms with E-state index in [0.717, 1.165) is 17.0 Å². The molecule has 8 nitrogen and oxygen atoms in total. The van der Waals surface area contributed by atoms with Gasteiger partial charge in [0.25, 0.3) is 0 Å². The van der Waals surface area contributed by atoms with Crippen LogP contribution in [0.4, 0.5) is 5.69 Å². The number of benzene rings is 2. The van der Waals surface area contributed by atoms with Crippen LogP contribution in [0.5, 0.6) is 5.75 Å². The monoisotopic (exact) mass is 354 g/mol. The van der Waals surface area contributed by atoms with Crippen molar-refractivity contribution in [1.29, 1.82) is 0 Å². The number of carbonyl (C=O) groups excluding carboxylic acids is 2. The fourth-order valence-corrected chi connectivity index (χ4v) is 2.55. The third kappa shape index (κ3) is 3.25. The lowest BCUT2D eigenvalue weighted by molar-refractivity contribution is -0.385. The summed E-state index contributed by atoms with van der Waals surface area (Å²) in [7, 11) is 1.20. The third-order valence-electron chi connectivity index (χ3n) is 3.83. The molecule has 1 N–H and O–H groups in total. The zero-order chi connectivity index (χ0) is 18.7. The summed E-state index contributed by atoms with van der Waals surface area (Å²) in [5.41, 5.74) is 0.971. The summed E-state index contributed by atoms with van der Waals surface area (Å²) < 4.78 is 9.94. The zero-order valence-electron chi connectivity index (χ0n) is 13.7. The van der Waals surface area contributed by atoms with Gasteiger partial charge in [-0.25, -0.2) is 4.79 Å². The fourth-order valence-electron chi connectivity index (χ4n) is 2.55. The number of ether oxygens (including phenoxy) is 2. The molecular weight excluding hydrogens is 340 g/mol. The second kappa shape index (κ2) is 7.06. The van der Waals surface area contributed by atoms with E-state index in [2.05, 4.69) is 9.72 Å². The maximum atomic E-state index is 12.4. The Morgan fingerprint density at radius 2 is 1.96 bits per heavy atom. The van der Waals surface area contributed by atoms with Gasteiger partial charge in [0.15, 0.2) is 12.4 Å². The quantitative estimate of drug-likeness (QED) is 0.315. The maximum Gasteiger partial charge on any atom is 0.337 e. The lowest BCUT2D eigenvalue weighted by Crippen LogP contribution is -2.12. The number of nitro benzene ring substituents is 1. The Morgan fingerprint density at radius 1 is 1.19 bits per heavy atom. The summed E-state index contributed by atoms with van der Waals surface area (Å²) in [5.74, 6) is -1.18. The van der Waals surface area contributed by atoms with E-state index < -0.39 is 17.5 Å². The summed E-state index contributed by atoms with van der Waals surface area (Å²) in [5, 5.41) is 11.9. The number of H-pyrrole nitrogens is 1. The van der Waals surface area contributed by atoms with Crippen molar-refractivity contribution in [3.63, 3.8) is 0 Å². The highest BCUT2D eigenvalue weighted by Gasteiger charge is 2.20. The molecule has 132 valence electrons. The van der Waals surface area contributed by atoms with E-state index in [9.17, 15) is 19.7 Å². The van der Waals surface area contributed by atoms with Crippen molar-refractivity contribution in [3.05, 3.63) is 69.9 Å². The standard InChI is InChI=1S/C18H14N2O6/c1-25-18(22)11-6-7-15(20(23)24)17(8-11)26-10-16(21)13-9-19-14-5-3-2-4-12(13)14/h2-9,19H,10H2,1H3. The number of Topliss-reactive ketones (excluding diaryl/α,β-unsaturated/α-hetero) is 1. The van der Waals surface area contributed by atoms with Crippen molar-refractivity contribution in [2.75, 3.05) is 13.7 Å². The van der Waals surface area contributed by atoms with Gasteiger partial charge in [-0.2, -0.15) is 0 Å². The Balaban J connectivity index is 1.85. The Bertz CT molecular complexity index is 1010. The van der Waals surface area contributed by atoms with Gasteiger partial charge < -0.3 is 14.5 Å². The van der Waals surface area contributed by atoms with Crippen LogP contribution in [0.1, 0.15) is 20.7 Å². The Labute approximate surface area is 147 Å². The molecule has 1 heterocycles. The Kier molecular flexibility index (Phi) is 4.66. The molecule has 0 spiro atoms. The van der Waals surface area contributed by atoms with Crippen LogP contribution in [0, 0.1) is 10.1 Å². The predicted molar refractivity (Wildman–Crippen MR) is 92.6 cm³/mol. The van der Waals surface area contributed by atoms with E-state index in [-0.39, 0.29) is 22.8 Å². The first-order valence-electron chi connectivity index (χ1n) is 7.60. The lowest BCUT2D eigenvalue weighted by Gasteiger charge is -2.07. The van der Waals surface area contributed by atoms with Crippen LogP contribution in [-0.2, 0) is 4.74 Å². The number of aromatic nitrogens is 1. The van der Waals surface area contributed by atoms with E-state index >= 15 is 0 Å². The number of nitro groups is 1. The van der Waals surface area contributed by atoms with E-state index in [1.165, 1.54) is 19.2 Å². The Morgan fingerprint density at radius 3 is 2.69 bits per heavy atom. The number of para-hydroxylation sites is 1. The maximum absolute atomic E-state index is 12.4. The number of rotatable bonds is 6. The molecule has 2 aromatic carbocycles. The fraction of sp³-hybridized carbons (Fsp3) is 0.111. The predicted octanol–water partition coefficient (Wildman–Crippen LogP) is 3.12. The molecule has 3 aromatic rings. The topological polar surface area (TPSA) is 112 Å². The summed E-state index contributed by atoms with van der Waals surface area (Å²) in [4.78, 5) is 37.5. The number of nitrogens with zero attached hydrogens (tertiary/aromatic N) is 1. The molecule has 0 amide bonds. The van der Waals surface area contributed by atoms with Crippen molar-refractivity contribution >= 4 is 28.3 Å². The first-order valence-corrected chi connectivity index (χ1v) is 7.60. The minimum absolute atomic E-state index is 0.0904. The van der Waals surface area contributed by atoms with E-state index in [0.29, 0.717) is 5.56 Å². The number of fused-ring (bicyclic) bond motifs is 1. The molecule has 1 aromatic heterocycles. The number of nitrogens with one attached hydrogen (secondary N) is 1. The molecule has 0 radical (unpaired) electrons. The molecule has 0 fully saturated rings. The summed E-state index contributed by atoms with van der Waals surface area (Å²) in [6, 6.07) is 10.9. The second-order valence-corrected chi connectivity index (χ2v) is 5.39. The Hall–Kier alpha value is -3.68. The van der Waals surface area contributed by atoms with Crippen molar-refractivity contribution in [2.45, 2.75) is 0 Å². The van der Waals surface area contributed by atoms with Crippen molar-refractivity contribution in [3.8, 4) is 5.75 Å². The van der Waals surface area contributed by atoms with Crippen molar-refractivity contribution in [2.24, 2.45) is 0 Å². The molecule has 0 bridgehead atoms. The van der Waals surface area contributed by atoms with Gasteiger partial charge >= 0.3 is 11.7 Å². The van der Waals surface area contributed by atoms with Gasteiger partial charge in [-0.3, -0.25) is 14.9 Å². The number of esters is 1. The molecule has 26 heavy (non-hydrogen) atoms. The van der Waals surface area contributed by atoms with Crippen molar-refractivity contribution < 1.29 is 24.0 Å². The van der Waals surface area contributed by atoms with E-state index in [1.54, 1.807) is 18.3 Å².